The number of rotatable bonds is 10. The topological polar surface area (TPSA) is 90.1 Å². The van der Waals surface area contributed by atoms with Gasteiger partial charge >= 0.3 is 0 Å². The van der Waals surface area contributed by atoms with Crippen molar-refractivity contribution in [3.05, 3.63) is 11.4 Å². The minimum Gasteiger partial charge on any atom is -0.311 e. The van der Waals surface area contributed by atoms with E-state index in [1.807, 2.05) is 21.0 Å². The quantitative estimate of drug-likeness (QED) is 0.545. The van der Waals surface area contributed by atoms with Gasteiger partial charge in [0.05, 0.1) is 11.4 Å². The molecule has 3 N–H and O–H groups in total. The summed E-state index contributed by atoms with van der Waals surface area (Å²) in [4.78, 5) is 2.36. The monoisotopic (exact) mass is 317 g/mol. The summed E-state index contributed by atoms with van der Waals surface area (Å²) in [5.41, 5.74) is 1.11. The highest BCUT2D eigenvalue weighted by Gasteiger charge is 2.23. The van der Waals surface area contributed by atoms with E-state index in [-0.39, 0.29) is 4.90 Å². The molecule has 0 aliphatic carbocycles. The highest BCUT2D eigenvalue weighted by molar-refractivity contribution is 7.89. The maximum Gasteiger partial charge on any atom is 0.244 e. The zero-order valence-electron chi connectivity index (χ0n) is 13.4. The Balaban J connectivity index is 2.63. The Bertz CT molecular complexity index is 525. The summed E-state index contributed by atoms with van der Waals surface area (Å²) in [7, 11) is 0.505. The van der Waals surface area contributed by atoms with Crippen molar-refractivity contribution in [3.63, 3.8) is 0 Å². The summed E-state index contributed by atoms with van der Waals surface area (Å²) in [5.74, 6) is 0. The number of hydrogen-bond acceptors (Lipinski definition) is 5. The number of nitrogens with one attached hydrogen (secondary N) is 3. The molecule has 0 atom stereocenters. The molecule has 0 aliphatic rings. The van der Waals surface area contributed by atoms with Gasteiger partial charge in [0.15, 0.2) is 0 Å². The predicted octanol–water partition coefficient (Wildman–Crippen LogP) is 0.448. The molecule has 0 bridgehead atoms. The van der Waals surface area contributed by atoms with Crippen LogP contribution in [0.3, 0.4) is 0 Å². The van der Waals surface area contributed by atoms with Gasteiger partial charge in [-0.05, 0) is 47.0 Å². The maximum absolute atomic E-state index is 12.4. The lowest BCUT2D eigenvalue weighted by Gasteiger charge is -2.10. The van der Waals surface area contributed by atoms with Crippen molar-refractivity contribution in [2.75, 3.05) is 33.7 Å². The third kappa shape index (κ3) is 5.74. The molecule has 0 saturated carbocycles. The van der Waals surface area contributed by atoms with E-state index in [2.05, 4.69) is 25.1 Å². The second-order valence-electron chi connectivity index (χ2n) is 5.31. The van der Waals surface area contributed by atoms with E-state index in [1.165, 1.54) is 0 Å². The molecule has 0 amide bonds. The van der Waals surface area contributed by atoms with Gasteiger partial charge in [-0.2, -0.15) is 5.10 Å². The molecule has 0 aliphatic heterocycles. The molecule has 7 nitrogen and oxygen atoms in total. The van der Waals surface area contributed by atoms with Crippen LogP contribution in [0.2, 0.25) is 0 Å². The van der Waals surface area contributed by atoms with Gasteiger partial charge in [0, 0.05) is 13.1 Å². The van der Waals surface area contributed by atoms with Gasteiger partial charge in [0.1, 0.15) is 4.90 Å². The zero-order valence-corrected chi connectivity index (χ0v) is 14.2. The van der Waals surface area contributed by atoms with Crippen LogP contribution in [0.5, 0.6) is 0 Å². The lowest BCUT2D eigenvalue weighted by atomic mass is 10.3. The lowest BCUT2D eigenvalue weighted by Crippen LogP contribution is -2.27. The summed E-state index contributed by atoms with van der Waals surface area (Å²) >= 11 is 0. The summed E-state index contributed by atoms with van der Waals surface area (Å²) in [5, 5.41) is 9.93. The molecule has 1 aromatic rings. The summed E-state index contributed by atoms with van der Waals surface area (Å²) in [6.07, 6.45) is 1.78. The highest BCUT2D eigenvalue weighted by Crippen LogP contribution is 2.17. The van der Waals surface area contributed by atoms with Crippen molar-refractivity contribution in [1.82, 2.24) is 25.1 Å². The van der Waals surface area contributed by atoms with E-state index in [9.17, 15) is 8.42 Å². The molecule has 0 aromatic carbocycles. The van der Waals surface area contributed by atoms with Gasteiger partial charge in [-0.3, -0.25) is 5.10 Å². The lowest BCUT2D eigenvalue weighted by molar-refractivity contribution is 0.394. The number of sulfonamides is 1. The molecule has 1 rings (SSSR count). The summed E-state index contributed by atoms with van der Waals surface area (Å²) in [6.45, 7) is 6.31. The maximum atomic E-state index is 12.4. The number of aromatic amines is 1. The van der Waals surface area contributed by atoms with Crippen LogP contribution < -0.4 is 10.0 Å². The SMILES string of the molecule is CCNCc1n[nH]c(C)c1S(=O)(=O)NCCCCN(C)C. The Kier molecular flexibility index (Phi) is 7.30. The van der Waals surface area contributed by atoms with Gasteiger partial charge in [0.25, 0.3) is 0 Å². The van der Waals surface area contributed by atoms with Crippen LogP contribution >= 0.6 is 0 Å². The van der Waals surface area contributed by atoms with Crippen molar-refractivity contribution in [1.29, 1.82) is 0 Å². The van der Waals surface area contributed by atoms with Crippen molar-refractivity contribution >= 4 is 10.0 Å². The molecule has 21 heavy (non-hydrogen) atoms. The van der Waals surface area contributed by atoms with Crippen molar-refractivity contribution < 1.29 is 8.42 Å². The summed E-state index contributed by atoms with van der Waals surface area (Å²) in [6, 6.07) is 0. The molecule has 0 saturated heterocycles. The van der Waals surface area contributed by atoms with E-state index in [1.54, 1.807) is 6.92 Å². The third-order valence-electron chi connectivity index (χ3n) is 3.10. The fourth-order valence-electron chi connectivity index (χ4n) is 2.02. The van der Waals surface area contributed by atoms with Crippen molar-refractivity contribution in [2.24, 2.45) is 0 Å². The first-order chi connectivity index (χ1) is 9.88. The molecule has 0 fully saturated rings. The first-order valence-electron chi connectivity index (χ1n) is 7.27. The Morgan fingerprint density at radius 2 is 2.00 bits per heavy atom. The van der Waals surface area contributed by atoms with E-state index >= 15 is 0 Å². The first-order valence-corrected chi connectivity index (χ1v) is 8.75. The van der Waals surface area contributed by atoms with Crippen LogP contribution in [-0.2, 0) is 16.6 Å². The smallest absolute Gasteiger partial charge is 0.244 e. The Morgan fingerprint density at radius 3 is 2.62 bits per heavy atom. The van der Waals surface area contributed by atoms with Crippen LogP contribution in [0, 0.1) is 6.92 Å². The van der Waals surface area contributed by atoms with Gasteiger partial charge < -0.3 is 10.2 Å². The van der Waals surface area contributed by atoms with Crippen LogP contribution in [0.25, 0.3) is 0 Å². The molecule has 1 heterocycles. The molecule has 122 valence electrons. The second kappa shape index (κ2) is 8.47. The Morgan fingerprint density at radius 1 is 1.29 bits per heavy atom. The average Bonchev–Trinajstić information content (AvgIpc) is 2.77. The van der Waals surface area contributed by atoms with Gasteiger partial charge in [-0.15, -0.1) is 0 Å². The molecular weight excluding hydrogens is 290 g/mol. The van der Waals surface area contributed by atoms with Crippen LogP contribution in [0.1, 0.15) is 31.2 Å². The Labute approximate surface area is 127 Å². The number of nitrogens with zero attached hydrogens (tertiary/aromatic N) is 2. The van der Waals surface area contributed by atoms with Gasteiger partial charge in [0.2, 0.25) is 10.0 Å². The van der Waals surface area contributed by atoms with Crippen molar-refractivity contribution in [2.45, 2.75) is 38.1 Å². The molecule has 0 unspecified atom stereocenters. The minimum absolute atomic E-state index is 0.274. The number of H-pyrrole nitrogens is 1. The first kappa shape index (κ1) is 18.1. The second-order valence-corrected chi connectivity index (χ2v) is 7.02. The fraction of sp³-hybridized carbons (Fsp3) is 0.769. The molecule has 0 radical (unpaired) electrons. The number of unbranched alkanes of at least 4 members (excludes halogenated alkanes) is 1. The van der Waals surface area contributed by atoms with Gasteiger partial charge in [-0.25, -0.2) is 13.1 Å². The van der Waals surface area contributed by atoms with E-state index in [4.69, 9.17) is 0 Å². The van der Waals surface area contributed by atoms with Gasteiger partial charge in [-0.1, -0.05) is 6.92 Å². The average molecular weight is 317 g/mol. The standard InChI is InChI=1S/C13H27N5O2S/c1-5-14-10-12-13(11(2)16-17-12)21(19,20)15-8-6-7-9-18(3)4/h14-15H,5-10H2,1-4H3,(H,16,17). The minimum atomic E-state index is -3.51. The van der Waals surface area contributed by atoms with E-state index < -0.39 is 10.0 Å². The van der Waals surface area contributed by atoms with Crippen molar-refractivity contribution in [3.8, 4) is 0 Å². The van der Waals surface area contributed by atoms with E-state index in [0.717, 1.165) is 25.9 Å². The van der Waals surface area contributed by atoms with Crippen LogP contribution in [0.15, 0.2) is 4.90 Å². The molecule has 0 spiro atoms. The Hall–Kier alpha value is -0.960. The number of aryl methyl sites for hydroxylation is 1. The van der Waals surface area contributed by atoms with Crippen LogP contribution in [-0.4, -0.2) is 57.2 Å². The molecule has 1 aromatic heterocycles. The number of hydrogen-bond donors (Lipinski definition) is 3. The fourth-order valence-corrected chi connectivity index (χ4v) is 3.46. The van der Waals surface area contributed by atoms with E-state index in [0.29, 0.717) is 24.5 Å². The number of aromatic nitrogens is 2. The zero-order chi connectivity index (χ0) is 15.9. The normalized spacial score (nSPS) is 12.2. The molecule has 8 heteroatoms. The predicted molar refractivity (Wildman–Crippen MR) is 83.7 cm³/mol. The summed E-state index contributed by atoms with van der Waals surface area (Å²) < 4.78 is 27.4. The third-order valence-corrected chi connectivity index (χ3v) is 4.76. The van der Waals surface area contributed by atoms with Crippen LogP contribution in [0.4, 0.5) is 0 Å². The largest absolute Gasteiger partial charge is 0.311 e. The molecular formula is C13H27N5O2S. The highest BCUT2D eigenvalue weighted by atomic mass is 32.2.